The van der Waals surface area contributed by atoms with Gasteiger partial charge in [-0.1, -0.05) is 0 Å². The first-order valence-corrected chi connectivity index (χ1v) is 3.57. The Labute approximate surface area is 70.3 Å². The highest BCUT2D eigenvalue weighted by Crippen LogP contribution is 2.14. The van der Waals surface area contributed by atoms with Gasteiger partial charge in [-0.05, 0) is 19.9 Å². The van der Waals surface area contributed by atoms with Crippen LogP contribution in [0, 0.1) is 13.8 Å². The molecule has 0 spiro atoms. The number of carbonyl (C=O) groups is 1. The quantitative estimate of drug-likeness (QED) is 0.416. The number of hydrogen-bond acceptors (Lipinski definition) is 3. The molecular formula is C9H10O3. The maximum absolute atomic E-state index is 11.2. The third kappa shape index (κ3) is 1.56. The summed E-state index contributed by atoms with van der Waals surface area (Å²) in [4.78, 5) is 11.2. The van der Waals surface area contributed by atoms with Crippen LogP contribution in [-0.2, 0) is 0 Å². The number of allylic oxidation sites excluding steroid dienone is 1. The topological polar surface area (TPSA) is 50.4 Å². The van der Waals surface area contributed by atoms with Crippen molar-refractivity contribution >= 4 is 5.78 Å². The second kappa shape index (κ2) is 3.26. The zero-order valence-electron chi connectivity index (χ0n) is 7.00. The van der Waals surface area contributed by atoms with Crippen molar-refractivity contribution in [2.75, 3.05) is 0 Å². The Balaban J connectivity index is 3.02. The fraction of sp³-hybridized carbons (Fsp3) is 0.222. The Morgan fingerprint density at radius 1 is 1.58 bits per heavy atom. The SMILES string of the molecule is Cc1cc(C(=O)/C=C/O)c(C)o1. The van der Waals surface area contributed by atoms with Gasteiger partial charge in [0, 0.05) is 6.08 Å². The normalized spacial score (nSPS) is 10.8. The van der Waals surface area contributed by atoms with Crippen LogP contribution >= 0.6 is 0 Å². The van der Waals surface area contributed by atoms with Crippen LogP contribution in [0.15, 0.2) is 22.8 Å². The van der Waals surface area contributed by atoms with Crippen LogP contribution in [0.3, 0.4) is 0 Å². The van der Waals surface area contributed by atoms with E-state index < -0.39 is 0 Å². The Hall–Kier alpha value is -1.51. The van der Waals surface area contributed by atoms with E-state index in [-0.39, 0.29) is 5.78 Å². The summed E-state index contributed by atoms with van der Waals surface area (Å²) in [5, 5.41) is 8.36. The van der Waals surface area contributed by atoms with Crippen LogP contribution in [0.1, 0.15) is 21.9 Å². The molecule has 1 rings (SSSR count). The Kier molecular flexibility index (Phi) is 2.33. The van der Waals surface area contributed by atoms with Gasteiger partial charge in [-0.15, -0.1) is 0 Å². The van der Waals surface area contributed by atoms with Crippen molar-refractivity contribution in [3.8, 4) is 0 Å². The van der Waals surface area contributed by atoms with E-state index in [9.17, 15) is 4.79 Å². The van der Waals surface area contributed by atoms with Crippen LogP contribution in [-0.4, -0.2) is 10.9 Å². The molecule has 3 heteroatoms. The minimum absolute atomic E-state index is 0.244. The lowest BCUT2D eigenvalue weighted by Crippen LogP contribution is -1.93. The highest BCUT2D eigenvalue weighted by atomic mass is 16.3. The minimum atomic E-state index is -0.244. The first-order chi connectivity index (χ1) is 5.65. The molecule has 0 atom stereocenters. The molecule has 0 radical (unpaired) electrons. The molecule has 0 fully saturated rings. The van der Waals surface area contributed by atoms with Crippen molar-refractivity contribution < 1.29 is 14.3 Å². The van der Waals surface area contributed by atoms with Crippen molar-refractivity contribution in [3.05, 3.63) is 35.5 Å². The number of aliphatic hydroxyl groups is 1. The van der Waals surface area contributed by atoms with Crippen molar-refractivity contribution in [1.82, 2.24) is 0 Å². The molecule has 1 N–H and O–H groups in total. The largest absolute Gasteiger partial charge is 0.515 e. The number of aryl methyl sites for hydroxylation is 2. The zero-order valence-corrected chi connectivity index (χ0v) is 7.00. The number of furan rings is 1. The van der Waals surface area contributed by atoms with E-state index in [0.717, 1.165) is 12.3 Å². The molecule has 3 nitrogen and oxygen atoms in total. The van der Waals surface area contributed by atoms with E-state index in [4.69, 9.17) is 9.52 Å². The van der Waals surface area contributed by atoms with Gasteiger partial charge in [-0.2, -0.15) is 0 Å². The van der Waals surface area contributed by atoms with Gasteiger partial charge < -0.3 is 9.52 Å². The molecule has 0 saturated heterocycles. The molecule has 0 unspecified atom stereocenters. The molecule has 12 heavy (non-hydrogen) atoms. The molecule has 0 aromatic carbocycles. The first kappa shape index (κ1) is 8.59. The Morgan fingerprint density at radius 3 is 2.67 bits per heavy atom. The predicted octanol–water partition coefficient (Wildman–Crippen LogP) is 2.15. The van der Waals surface area contributed by atoms with Gasteiger partial charge >= 0.3 is 0 Å². The number of carbonyl (C=O) groups excluding carboxylic acids is 1. The molecule has 0 saturated carbocycles. The first-order valence-electron chi connectivity index (χ1n) is 3.57. The zero-order chi connectivity index (χ0) is 9.14. The van der Waals surface area contributed by atoms with E-state index in [1.807, 2.05) is 0 Å². The second-order valence-corrected chi connectivity index (χ2v) is 2.51. The van der Waals surface area contributed by atoms with E-state index >= 15 is 0 Å². The van der Waals surface area contributed by atoms with E-state index in [1.54, 1.807) is 19.9 Å². The molecule has 64 valence electrons. The second-order valence-electron chi connectivity index (χ2n) is 2.51. The van der Waals surface area contributed by atoms with Crippen LogP contribution < -0.4 is 0 Å². The van der Waals surface area contributed by atoms with Gasteiger partial charge in [0.15, 0.2) is 5.78 Å². The van der Waals surface area contributed by atoms with Gasteiger partial charge in [0.2, 0.25) is 0 Å². The summed E-state index contributed by atoms with van der Waals surface area (Å²) < 4.78 is 5.15. The summed E-state index contributed by atoms with van der Waals surface area (Å²) in [5.41, 5.74) is 0.498. The van der Waals surface area contributed by atoms with Gasteiger partial charge in [0.05, 0.1) is 11.8 Å². The number of aliphatic hydroxyl groups excluding tert-OH is 1. The van der Waals surface area contributed by atoms with Crippen LogP contribution in [0.2, 0.25) is 0 Å². The van der Waals surface area contributed by atoms with E-state index in [2.05, 4.69) is 0 Å². The summed E-state index contributed by atoms with van der Waals surface area (Å²) >= 11 is 0. The Morgan fingerprint density at radius 2 is 2.25 bits per heavy atom. The molecule has 0 aliphatic rings. The highest BCUT2D eigenvalue weighted by molar-refractivity contribution is 6.05. The molecule has 1 aromatic rings. The smallest absolute Gasteiger partial charge is 0.192 e. The molecule has 1 heterocycles. The van der Waals surface area contributed by atoms with Crippen LogP contribution in [0.4, 0.5) is 0 Å². The fourth-order valence-electron chi connectivity index (χ4n) is 1.03. The average molecular weight is 166 g/mol. The predicted molar refractivity (Wildman–Crippen MR) is 44.3 cm³/mol. The maximum atomic E-state index is 11.2. The molecule has 0 bridgehead atoms. The van der Waals surface area contributed by atoms with Crippen LogP contribution in [0.5, 0.6) is 0 Å². The average Bonchev–Trinajstić information content (AvgIpc) is 2.30. The van der Waals surface area contributed by atoms with E-state index in [1.165, 1.54) is 0 Å². The minimum Gasteiger partial charge on any atom is -0.515 e. The number of rotatable bonds is 2. The third-order valence-corrected chi connectivity index (χ3v) is 1.53. The molecular weight excluding hydrogens is 156 g/mol. The summed E-state index contributed by atoms with van der Waals surface area (Å²) in [7, 11) is 0. The fourth-order valence-corrected chi connectivity index (χ4v) is 1.03. The summed E-state index contributed by atoms with van der Waals surface area (Å²) in [6, 6.07) is 1.65. The van der Waals surface area contributed by atoms with E-state index in [0.29, 0.717) is 17.1 Å². The molecule has 0 aliphatic heterocycles. The molecule has 0 aliphatic carbocycles. The van der Waals surface area contributed by atoms with Crippen molar-refractivity contribution in [2.24, 2.45) is 0 Å². The highest BCUT2D eigenvalue weighted by Gasteiger charge is 2.09. The van der Waals surface area contributed by atoms with Crippen molar-refractivity contribution in [2.45, 2.75) is 13.8 Å². The van der Waals surface area contributed by atoms with Gasteiger partial charge in [0.1, 0.15) is 11.5 Å². The molecule has 1 aromatic heterocycles. The van der Waals surface area contributed by atoms with Crippen molar-refractivity contribution in [1.29, 1.82) is 0 Å². The lowest BCUT2D eigenvalue weighted by atomic mass is 10.1. The third-order valence-electron chi connectivity index (χ3n) is 1.53. The Bertz CT molecular complexity index is 321. The van der Waals surface area contributed by atoms with Crippen LogP contribution in [0.25, 0.3) is 0 Å². The number of hydrogen-bond donors (Lipinski definition) is 1. The van der Waals surface area contributed by atoms with Gasteiger partial charge in [-0.3, -0.25) is 4.79 Å². The summed E-state index contributed by atoms with van der Waals surface area (Å²) in [5.74, 6) is 1.03. The lowest BCUT2D eigenvalue weighted by Gasteiger charge is -1.88. The maximum Gasteiger partial charge on any atom is 0.192 e. The monoisotopic (exact) mass is 166 g/mol. The van der Waals surface area contributed by atoms with Gasteiger partial charge in [-0.25, -0.2) is 0 Å². The molecule has 0 amide bonds. The number of ketones is 1. The van der Waals surface area contributed by atoms with Crippen molar-refractivity contribution in [3.63, 3.8) is 0 Å². The lowest BCUT2D eigenvalue weighted by molar-refractivity contribution is 0.104. The van der Waals surface area contributed by atoms with Gasteiger partial charge in [0.25, 0.3) is 0 Å². The summed E-state index contributed by atoms with van der Waals surface area (Å²) in [6.45, 7) is 3.48. The summed E-state index contributed by atoms with van der Waals surface area (Å²) in [6.07, 6.45) is 1.82. The standard InChI is InChI=1S/C9H10O3/c1-6-5-8(7(2)12-6)9(11)3-4-10/h3-5,10H,1-2H3/b4-3+.